The molecule has 0 aliphatic heterocycles. The summed E-state index contributed by atoms with van der Waals surface area (Å²) in [5, 5.41) is 16.7. The highest BCUT2D eigenvalue weighted by Crippen LogP contribution is 1.95. The maximum absolute atomic E-state index is 11.4. The third-order valence-electron chi connectivity index (χ3n) is 5.75. The van der Waals surface area contributed by atoms with Crippen LogP contribution in [0, 0.1) is 0 Å². The van der Waals surface area contributed by atoms with Crippen LogP contribution in [0.4, 0.5) is 0 Å². The van der Waals surface area contributed by atoms with E-state index in [1.54, 1.807) is 0 Å². The Balaban J connectivity index is -0.000000393. The van der Waals surface area contributed by atoms with E-state index in [1.807, 2.05) is 0 Å². The van der Waals surface area contributed by atoms with Crippen LogP contribution in [0.1, 0.15) is 0 Å². The van der Waals surface area contributed by atoms with Crippen molar-refractivity contribution < 1.29 is 106 Å². The van der Waals surface area contributed by atoms with Crippen LogP contribution in [0.25, 0.3) is 0 Å². The van der Waals surface area contributed by atoms with E-state index in [0.717, 1.165) is 0 Å². The van der Waals surface area contributed by atoms with Crippen molar-refractivity contribution >= 4 is 71.6 Å². The minimum Gasteiger partial charge on any atom is -0.480 e. The van der Waals surface area contributed by atoms with E-state index >= 15 is 0 Å². The lowest BCUT2D eigenvalue weighted by molar-refractivity contribution is -0.164. The Kier molecular flexibility index (Phi) is 38.6. The van der Waals surface area contributed by atoms with Gasteiger partial charge in [-0.25, -0.2) is 9.59 Å². The van der Waals surface area contributed by atoms with Gasteiger partial charge in [-0.1, -0.05) is 0 Å². The molecule has 368 valence electrons. The Morgan fingerprint density at radius 2 is 0.562 bits per heavy atom. The zero-order valence-electron chi connectivity index (χ0n) is 33.9. The van der Waals surface area contributed by atoms with E-state index in [4.69, 9.17) is 79.0 Å². The molecule has 0 bridgehead atoms. The predicted octanol–water partition coefficient (Wildman–Crippen LogP) is -13.3. The van der Waals surface area contributed by atoms with Crippen LogP contribution < -0.4 is 68.8 Å². The highest BCUT2D eigenvalue weighted by molar-refractivity contribution is 5.90. The van der Waals surface area contributed by atoms with Gasteiger partial charge < -0.3 is 117 Å². The Hall–Kier alpha value is -6.28. The molecular weight excluding hydrogens is 880 g/mol. The summed E-state index contributed by atoms with van der Waals surface area (Å²) in [4.78, 5) is 129. The largest absolute Gasteiger partial charge is 0.480 e. The molecule has 26 N–H and O–H groups in total. The molecule has 0 rings (SSSR count). The van der Waals surface area contributed by atoms with Crippen LogP contribution in [0.15, 0.2) is 0 Å². The first-order chi connectivity index (χ1) is 29.8. The van der Waals surface area contributed by atoms with E-state index in [0.29, 0.717) is 0 Å². The van der Waals surface area contributed by atoms with Gasteiger partial charge in [0.05, 0.1) is 45.9 Å². The van der Waals surface area contributed by atoms with Gasteiger partial charge in [0.15, 0.2) is 0 Å². The highest BCUT2D eigenvalue weighted by atomic mass is 16.6. The van der Waals surface area contributed by atoms with Crippen molar-refractivity contribution in [2.45, 2.75) is 36.3 Å². The lowest BCUT2D eigenvalue weighted by atomic mass is 10.3. The van der Waals surface area contributed by atoms with Crippen LogP contribution >= 0.6 is 0 Å². The van der Waals surface area contributed by atoms with Crippen molar-refractivity contribution in [3.05, 3.63) is 0 Å². The number of carboxylic acid groups (broad SMARTS) is 1. The van der Waals surface area contributed by atoms with Gasteiger partial charge in [-0.3, -0.25) is 47.9 Å². The Morgan fingerprint density at radius 3 is 0.828 bits per heavy atom. The quantitative estimate of drug-likeness (QED) is 0.0257. The maximum Gasteiger partial charge on any atom is 0.334 e. The average molecular weight is 937 g/mol. The Morgan fingerprint density at radius 1 is 0.328 bits per heavy atom. The number of ether oxygens (including phenoxy) is 8. The fourth-order valence-electron chi connectivity index (χ4n) is 2.41. The van der Waals surface area contributed by atoms with E-state index in [-0.39, 0.29) is 26.2 Å². The van der Waals surface area contributed by atoms with E-state index in [2.05, 4.69) is 37.9 Å². The standard InChI is InChI=1S/2C10H18N4O7.C6H12N2O5.C4H8N2O3/c2*11-1-7(15)19-3-5(13)9(17)20-4-6(14)10(18)21-8(16)2-12;7-3(1-9)6(12)13-2-4(8)5(10)11;5-1-3(7)9-4(8)2-6/h2*5-6H,1-4,11-14H2;3-4,9H,1-2,7-8H2,(H,10,11);1-2,5-6H2/t2*5-,6-;3-,4-;/m000./s1. The van der Waals surface area contributed by atoms with Gasteiger partial charge in [-0.05, 0) is 0 Å². The molecule has 0 spiro atoms. The number of nitrogens with two attached hydrogens (primary N) is 12. The maximum atomic E-state index is 11.4. The minimum atomic E-state index is -1.37. The summed E-state index contributed by atoms with van der Waals surface area (Å²) >= 11 is 0. The average Bonchev–Trinajstić information content (AvgIpc) is 3.28. The third kappa shape index (κ3) is 35.3. The van der Waals surface area contributed by atoms with E-state index in [1.165, 1.54) is 0 Å². The molecule has 34 nitrogen and oxygen atoms in total. The molecule has 0 aliphatic rings. The molecule has 0 unspecified atom stereocenters. The molecule has 0 saturated heterocycles. The zero-order chi connectivity index (χ0) is 50.5. The predicted molar refractivity (Wildman–Crippen MR) is 205 cm³/mol. The van der Waals surface area contributed by atoms with Crippen molar-refractivity contribution in [1.29, 1.82) is 0 Å². The number of hydrogen-bond acceptors (Lipinski definition) is 33. The number of carbonyl (C=O) groups excluding carboxylic acids is 11. The topological polar surface area (TPSA) is 631 Å². The van der Waals surface area contributed by atoms with E-state index in [9.17, 15) is 57.5 Å². The van der Waals surface area contributed by atoms with Crippen LogP contribution in [0.3, 0.4) is 0 Å². The van der Waals surface area contributed by atoms with Crippen molar-refractivity contribution in [3.63, 3.8) is 0 Å². The van der Waals surface area contributed by atoms with Crippen LogP contribution in [0.5, 0.6) is 0 Å². The van der Waals surface area contributed by atoms with Crippen LogP contribution in [-0.2, 0) is 95.4 Å². The van der Waals surface area contributed by atoms with Crippen molar-refractivity contribution in [1.82, 2.24) is 0 Å². The molecule has 0 saturated carbocycles. The van der Waals surface area contributed by atoms with Gasteiger partial charge >= 0.3 is 71.6 Å². The van der Waals surface area contributed by atoms with Gasteiger partial charge in [0.25, 0.3) is 0 Å². The van der Waals surface area contributed by atoms with Crippen molar-refractivity contribution in [2.24, 2.45) is 68.8 Å². The molecule has 0 heterocycles. The molecule has 64 heavy (non-hydrogen) atoms. The number of aliphatic hydroxyl groups excluding tert-OH is 1. The van der Waals surface area contributed by atoms with Gasteiger partial charge in [0.2, 0.25) is 0 Å². The van der Waals surface area contributed by atoms with Gasteiger partial charge in [0.1, 0.15) is 69.3 Å². The van der Waals surface area contributed by atoms with Crippen LogP contribution in [0.2, 0.25) is 0 Å². The smallest absolute Gasteiger partial charge is 0.334 e. The number of rotatable bonds is 23. The molecule has 0 amide bonds. The molecular formula is C30H56N12O22. The molecule has 0 fully saturated rings. The fraction of sp³-hybridized carbons (Fsp3) is 0.600. The zero-order valence-corrected chi connectivity index (χ0v) is 33.9. The first kappa shape index (κ1) is 64.3. The number of carbonyl (C=O) groups is 12. The number of hydrogen-bond donors (Lipinski definition) is 14. The summed E-state index contributed by atoms with van der Waals surface area (Å²) in [6.07, 6.45) is 0. The number of esters is 11. The molecule has 6 atom stereocenters. The van der Waals surface area contributed by atoms with Gasteiger partial charge in [-0.15, -0.1) is 0 Å². The fourth-order valence-corrected chi connectivity index (χ4v) is 2.41. The Labute approximate surface area is 361 Å². The van der Waals surface area contributed by atoms with Gasteiger partial charge in [-0.2, -0.15) is 0 Å². The number of aliphatic hydroxyl groups is 1. The number of aliphatic carboxylic acids is 1. The SMILES string of the molecule is NCC(=O)OC(=O)CN.NCC(=O)OC[C@H](N)C(=O)OC[C@H](N)C(=O)OC(=O)CN.NCC(=O)OC[C@H](N)C(=O)OC[C@H](N)C(=O)OC(=O)CN.N[C@@H](COC(=O)[C@@H](N)CO)C(=O)O. The summed E-state index contributed by atoms with van der Waals surface area (Å²) in [7, 11) is 0. The molecule has 0 radical (unpaired) electrons. The second-order valence-electron chi connectivity index (χ2n) is 11.1. The number of carboxylic acids is 1. The Bertz CT molecular complexity index is 1450. The summed E-state index contributed by atoms with van der Waals surface area (Å²) < 4.78 is 35.1. The van der Waals surface area contributed by atoms with Crippen molar-refractivity contribution in [3.8, 4) is 0 Å². The summed E-state index contributed by atoms with van der Waals surface area (Å²) in [6.45, 7) is -5.28. The van der Waals surface area contributed by atoms with Gasteiger partial charge in [0, 0.05) is 0 Å². The third-order valence-corrected chi connectivity index (χ3v) is 5.75. The van der Waals surface area contributed by atoms with Crippen molar-refractivity contribution in [2.75, 3.05) is 78.9 Å². The molecule has 0 aromatic rings. The summed E-state index contributed by atoms with van der Waals surface area (Å²) in [6, 6.07) is -7.67. The monoisotopic (exact) mass is 936 g/mol. The second kappa shape index (κ2) is 38.4. The molecule has 0 aromatic carbocycles. The molecule has 0 aromatic heterocycles. The molecule has 0 aliphatic carbocycles. The molecule has 34 heteroatoms. The minimum absolute atomic E-state index is 0.300. The summed E-state index contributed by atoms with van der Waals surface area (Å²) in [5.74, 6) is -11.2. The first-order valence-electron chi connectivity index (χ1n) is 17.4. The van der Waals surface area contributed by atoms with E-state index < -0.39 is 161 Å². The second-order valence-corrected chi connectivity index (χ2v) is 11.1. The van der Waals surface area contributed by atoms with Crippen LogP contribution in [-0.4, -0.2) is 197 Å². The normalized spacial score (nSPS) is 12.7. The first-order valence-corrected chi connectivity index (χ1v) is 17.4. The lowest BCUT2D eigenvalue weighted by Crippen LogP contribution is -2.43. The summed E-state index contributed by atoms with van der Waals surface area (Å²) in [5.41, 5.74) is 60.9. The lowest BCUT2D eigenvalue weighted by Gasteiger charge is -2.14. The highest BCUT2D eigenvalue weighted by Gasteiger charge is 2.25.